The molecule has 3 rings (SSSR count). The number of ether oxygens (including phenoxy) is 2. The lowest BCUT2D eigenvalue weighted by molar-refractivity contribution is -0.120. The first-order chi connectivity index (χ1) is 15.0. The third-order valence-corrected chi connectivity index (χ3v) is 4.37. The number of nitrogens with one attached hydrogen (secondary N) is 1. The van der Waals surface area contributed by atoms with Crippen LogP contribution >= 0.6 is 0 Å². The van der Waals surface area contributed by atoms with Gasteiger partial charge in [0.05, 0.1) is 24.8 Å². The summed E-state index contributed by atoms with van der Waals surface area (Å²) in [5.41, 5.74) is 5.63. The SMILES string of the molecule is CCOc1cc(/C=N/NC(=O)Cc2ccccc2)ccc1OC(=O)c1ccc(C)cc1. The van der Waals surface area contributed by atoms with Crippen molar-refractivity contribution >= 4 is 18.1 Å². The van der Waals surface area contributed by atoms with Gasteiger partial charge >= 0.3 is 5.97 Å². The molecule has 6 heteroatoms. The summed E-state index contributed by atoms with van der Waals surface area (Å²) >= 11 is 0. The first-order valence-electron chi connectivity index (χ1n) is 9.96. The number of hydrazone groups is 1. The zero-order valence-electron chi connectivity index (χ0n) is 17.5. The molecule has 0 spiro atoms. The van der Waals surface area contributed by atoms with Gasteiger partial charge in [-0.2, -0.15) is 5.10 Å². The number of benzene rings is 3. The van der Waals surface area contributed by atoms with Gasteiger partial charge in [0.1, 0.15) is 0 Å². The summed E-state index contributed by atoms with van der Waals surface area (Å²) in [6.07, 6.45) is 1.76. The Bertz CT molecular complexity index is 1060. The molecule has 0 saturated carbocycles. The van der Waals surface area contributed by atoms with Crippen LogP contribution in [0.15, 0.2) is 77.9 Å². The topological polar surface area (TPSA) is 77.0 Å². The normalized spacial score (nSPS) is 10.6. The van der Waals surface area contributed by atoms with Crippen molar-refractivity contribution < 1.29 is 19.1 Å². The number of amides is 1. The monoisotopic (exact) mass is 416 g/mol. The molecule has 3 aromatic carbocycles. The maximum atomic E-state index is 12.4. The van der Waals surface area contributed by atoms with Crippen molar-refractivity contribution in [3.63, 3.8) is 0 Å². The number of rotatable bonds is 8. The molecule has 0 atom stereocenters. The summed E-state index contributed by atoms with van der Waals surface area (Å²) in [7, 11) is 0. The van der Waals surface area contributed by atoms with E-state index >= 15 is 0 Å². The maximum Gasteiger partial charge on any atom is 0.343 e. The van der Waals surface area contributed by atoms with Crippen molar-refractivity contribution in [3.8, 4) is 11.5 Å². The fourth-order valence-corrected chi connectivity index (χ4v) is 2.81. The Labute approximate surface area is 181 Å². The average molecular weight is 416 g/mol. The van der Waals surface area contributed by atoms with E-state index in [0.29, 0.717) is 29.2 Å². The fourth-order valence-electron chi connectivity index (χ4n) is 2.81. The lowest BCUT2D eigenvalue weighted by atomic mass is 10.1. The van der Waals surface area contributed by atoms with E-state index in [0.717, 1.165) is 11.1 Å². The number of hydrogen-bond acceptors (Lipinski definition) is 5. The van der Waals surface area contributed by atoms with Crippen LogP contribution in [-0.2, 0) is 11.2 Å². The highest BCUT2D eigenvalue weighted by Gasteiger charge is 2.13. The number of carbonyl (C=O) groups excluding carboxylic acids is 2. The summed E-state index contributed by atoms with van der Waals surface area (Å²) in [4.78, 5) is 24.4. The standard InChI is InChI=1S/C25H24N2O4/c1-3-30-23-15-20(17-26-27-24(28)16-19-7-5-4-6-8-19)11-14-22(23)31-25(29)21-12-9-18(2)10-13-21/h4-15,17H,3,16H2,1-2H3,(H,27,28)/b26-17+. The summed E-state index contributed by atoms with van der Waals surface area (Å²) in [5, 5.41) is 4.00. The molecule has 0 aromatic heterocycles. The minimum atomic E-state index is -0.462. The highest BCUT2D eigenvalue weighted by Crippen LogP contribution is 2.29. The maximum absolute atomic E-state index is 12.4. The van der Waals surface area contributed by atoms with Crippen LogP contribution in [0.25, 0.3) is 0 Å². The first kappa shape index (κ1) is 21.8. The second kappa shape index (κ2) is 10.7. The van der Waals surface area contributed by atoms with Gasteiger partial charge in [-0.3, -0.25) is 4.79 Å². The molecule has 31 heavy (non-hydrogen) atoms. The summed E-state index contributed by atoms with van der Waals surface area (Å²) < 4.78 is 11.1. The van der Waals surface area contributed by atoms with E-state index in [1.54, 1.807) is 30.3 Å². The minimum absolute atomic E-state index is 0.212. The van der Waals surface area contributed by atoms with Crippen molar-refractivity contribution in [2.24, 2.45) is 5.10 Å². The summed E-state index contributed by atoms with van der Waals surface area (Å²) in [5.74, 6) is 0.0619. The lowest BCUT2D eigenvalue weighted by Crippen LogP contribution is -2.19. The predicted molar refractivity (Wildman–Crippen MR) is 120 cm³/mol. The van der Waals surface area contributed by atoms with Gasteiger partial charge in [0.2, 0.25) is 5.91 Å². The molecule has 0 aliphatic rings. The summed E-state index contributed by atoms with van der Waals surface area (Å²) in [6.45, 7) is 4.20. The molecule has 0 fully saturated rings. The summed E-state index contributed by atoms with van der Waals surface area (Å²) in [6, 6.07) is 21.7. The molecule has 0 aliphatic carbocycles. The molecule has 158 valence electrons. The molecule has 3 aromatic rings. The molecular formula is C25H24N2O4. The highest BCUT2D eigenvalue weighted by atomic mass is 16.6. The van der Waals surface area contributed by atoms with E-state index in [9.17, 15) is 9.59 Å². The van der Waals surface area contributed by atoms with E-state index in [4.69, 9.17) is 9.47 Å². The van der Waals surface area contributed by atoms with E-state index < -0.39 is 5.97 Å². The highest BCUT2D eigenvalue weighted by molar-refractivity contribution is 5.91. The van der Waals surface area contributed by atoms with Gasteiger partial charge in [0, 0.05) is 0 Å². The third-order valence-electron chi connectivity index (χ3n) is 4.37. The number of esters is 1. The number of aryl methyl sites for hydroxylation is 1. The van der Waals surface area contributed by atoms with Crippen LogP contribution in [0, 0.1) is 6.92 Å². The molecule has 0 heterocycles. The van der Waals surface area contributed by atoms with Crippen molar-refractivity contribution in [2.45, 2.75) is 20.3 Å². The van der Waals surface area contributed by atoms with Gasteiger partial charge in [-0.05, 0) is 55.3 Å². The molecular weight excluding hydrogens is 392 g/mol. The largest absolute Gasteiger partial charge is 0.490 e. The van der Waals surface area contributed by atoms with Gasteiger partial charge in [-0.15, -0.1) is 0 Å². The van der Waals surface area contributed by atoms with Crippen LogP contribution in [0.1, 0.15) is 34.0 Å². The lowest BCUT2D eigenvalue weighted by Gasteiger charge is -2.11. The van der Waals surface area contributed by atoms with E-state index in [1.165, 1.54) is 6.21 Å². The quantitative estimate of drug-likeness (QED) is 0.257. The molecule has 0 unspecified atom stereocenters. The molecule has 1 amide bonds. The fraction of sp³-hybridized carbons (Fsp3) is 0.160. The Morgan fingerprint density at radius 3 is 2.42 bits per heavy atom. The number of hydrogen-bond donors (Lipinski definition) is 1. The van der Waals surface area contributed by atoms with Crippen LogP contribution in [0.3, 0.4) is 0 Å². The number of carbonyl (C=O) groups is 2. The predicted octanol–water partition coefficient (Wildman–Crippen LogP) is 4.31. The average Bonchev–Trinajstić information content (AvgIpc) is 2.77. The Morgan fingerprint density at radius 1 is 0.968 bits per heavy atom. The zero-order valence-corrected chi connectivity index (χ0v) is 17.5. The minimum Gasteiger partial charge on any atom is -0.490 e. The van der Waals surface area contributed by atoms with Gasteiger partial charge < -0.3 is 9.47 Å². The smallest absolute Gasteiger partial charge is 0.343 e. The van der Waals surface area contributed by atoms with E-state index in [2.05, 4.69) is 10.5 Å². The van der Waals surface area contributed by atoms with E-state index in [1.807, 2.05) is 56.3 Å². The van der Waals surface area contributed by atoms with Crippen molar-refractivity contribution in [3.05, 3.63) is 95.1 Å². The van der Waals surface area contributed by atoms with Crippen molar-refractivity contribution in [2.75, 3.05) is 6.61 Å². The van der Waals surface area contributed by atoms with Crippen LogP contribution in [0.4, 0.5) is 0 Å². The molecule has 0 aliphatic heterocycles. The zero-order chi connectivity index (χ0) is 22.1. The molecule has 0 radical (unpaired) electrons. The Kier molecular flexibility index (Phi) is 7.54. The van der Waals surface area contributed by atoms with Crippen LogP contribution in [0.2, 0.25) is 0 Å². The molecule has 0 bridgehead atoms. The van der Waals surface area contributed by atoms with E-state index in [-0.39, 0.29) is 12.3 Å². The van der Waals surface area contributed by atoms with Crippen LogP contribution < -0.4 is 14.9 Å². The second-order valence-electron chi connectivity index (χ2n) is 6.85. The van der Waals surface area contributed by atoms with Gasteiger partial charge in [-0.1, -0.05) is 48.0 Å². The number of nitrogens with zero attached hydrogens (tertiary/aromatic N) is 1. The Morgan fingerprint density at radius 2 is 1.71 bits per heavy atom. The Hall–Kier alpha value is -3.93. The van der Waals surface area contributed by atoms with Crippen molar-refractivity contribution in [1.82, 2.24) is 5.43 Å². The Balaban J connectivity index is 1.65. The molecule has 6 nitrogen and oxygen atoms in total. The van der Waals surface area contributed by atoms with Gasteiger partial charge in [-0.25, -0.2) is 10.2 Å². The second-order valence-corrected chi connectivity index (χ2v) is 6.85. The molecule has 0 saturated heterocycles. The first-order valence-corrected chi connectivity index (χ1v) is 9.96. The van der Waals surface area contributed by atoms with Crippen LogP contribution in [-0.4, -0.2) is 24.7 Å². The van der Waals surface area contributed by atoms with Gasteiger partial charge in [0.25, 0.3) is 0 Å². The molecule has 1 N–H and O–H groups in total. The van der Waals surface area contributed by atoms with Crippen molar-refractivity contribution in [1.29, 1.82) is 0 Å². The third kappa shape index (κ3) is 6.54. The van der Waals surface area contributed by atoms with Gasteiger partial charge in [0.15, 0.2) is 11.5 Å². The van der Waals surface area contributed by atoms with Crippen LogP contribution in [0.5, 0.6) is 11.5 Å².